The van der Waals surface area contributed by atoms with E-state index in [2.05, 4.69) is 10.3 Å². The highest BCUT2D eigenvalue weighted by Gasteiger charge is 2.17. The lowest BCUT2D eigenvalue weighted by Gasteiger charge is -2.21. The predicted octanol–water partition coefficient (Wildman–Crippen LogP) is 2.00. The van der Waals surface area contributed by atoms with Gasteiger partial charge in [0.15, 0.2) is 0 Å². The lowest BCUT2D eigenvalue weighted by Crippen LogP contribution is -2.28. The third-order valence-electron chi connectivity index (χ3n) is 2.50. The maximum absolute atomic E-state index is 10.8. The number of anilines is 1. The first-order valence-corrected chi connectivity index (χ1v) is 5.51. The summed E-state index contributed by atoms with van der Waals surface area (Å²) in [6.45, 7) is 3.97. The number of nitrogens with zero attached hydrogens (tertiary/aromatic N) is 1. The molecule has 0 saturated heterocycles. The van der Waals surface area contributed by atoms with Gasteiger partial charge in [-0.1, -0.05) is 13.8 Å². The highest BCUT2D eigenvalue weighted by atomic mass is 16.5. The van der Waals surface area contributed by atoms with E-state index in [1.807, 2.05) is 13.8 Å². The lowest BCUT2D eigenvalue weighted by atomic mass is 10.0. The van der Waals surface area contributed by atoms with Gasteiger partial charge in [0.25, 0.3) is 0 Å². The Bertz CT molecular complexity index is 380. The third kappa shape index (κ3) is 4.30. The fourth-order valence-corrected chi connectivity index (χ4v) is 1.47. The number of methoxy groups -OCH3 is 1. The molecule has 0 aromatic carbocycles. The zero-order chi connectivity index (χ0) is 12.8. The molecule has 5 heteroatoms. The molecule has 0 aliphatic rings. The maximum atomic E-state index is 10.8. The molecule has 0 amide bonds. The number of hydrogen-bond acceptors (Lipinski definition) is 4. The standard InChI is InChI=1S/C12H18N2O3/c1-8(2)10(7-12(15)16)14-9-4-5-13-11(6-9)17-3/h4-6,8,10H,7H2,1-3H3,(H,13,14)(H,15,16). The summed E-state index contributed by atoms with van der Waals surface area (Å²) in [5.74, 6) is -0.0738. The number of aromatic nitrogens is 1. The first kappa shape index (κ1) is 13.3. The minimum atomic E-state index is -0.808. The van der Waals surface area contributed by atoms with Crippen molar-refractivity contribution in [3.05, 3.63) is 18.3 Å². The van der Waals surface area contributed by atoms with Crippen molar-refractivity contribution in [2.45, 2.75) is 26.3 Å². The van der Waals surface area contributed by atoms with Gasteiger partial charge in [0.05, 0.1) is 13.5 Å². The van der Waals surface area contributed by atoms with Crippen molar-refractivity contribution in [2.24, 2.45) is 5.92 Å². The Balaban J connectivity index is 2.74. The number of carboxylic acids is 1. The Morgan fingerprint density at radius 3 is 2.82 bits per heavy atom. The Morgan fingerprint density at radius 1 is 1.59 bits per heavy atom. The van der Waals surface area contributed by atoms with Crippen LogP contribution >= 0.6 is 0 Å². The molecule has 2 N–H and O–H groups in total. The first-order chi connectivity index (χ1) is 8.02. The topological polar surface area (TPSA) is 71.5 Å². The Hall–Kier alpha value is -1.78. The number of pyridine rings is 1. The van der Waals surface area contributed by atoms with Gasteiger partial charge in [-0.15, -0.1) is 0 Å². The minimum absolute atomic E-state index is 0.0856. The molecule has 0 aliphatic carbocycles. The monoisotopic (exact) mass is 238 g/mol. The Labute approximate surface area is 101 Å². The smallest absolute Gasteiger partial charge is 0.305 e. The molecule has 0 bridgehead atoms. The van der Waals surface area contributed by atoms with Crippen LogP contribution in [0, 0.1) is 5.92 Å². The van der Waals surface area contributed by atoms with Crippen molar-refractivity contribution in [3.63, 3.8) is 0 Å². The second-order valence-corrected chi connectivity index (χ2v) is 4.18. The van der Waals surface area contributed by atoms with E-state index in [1.165, 1.54) is 0 Å². The molecule has 94 valence electrons. The second-order valence-electron chi connectivity index (χ2n) is 4.18. The van der Waals surface area contributed by atoms with E-state index in [9.17, 15) is 4.79 Å². The van der Waals surface area contributed by atoms with Crippen LogP contribution in [-0.2, 0) is 4.79 Å². The van der Waals surface area contributed by atoms with E-state index in [0.717, 1.165) is 5.69 Å². The van der Waals surface area contributed by atoms with E-state index in [4.69, 9.17) is 9.84 Å². The second kappa shape index (κ2) is 6.08. The summed E-state index contributed by atoms with van der Waals surface area (Å²) < 4.78 is 5.01. The largest absolute Gasteiger partial charge is 0.481 e. The number of carboxylic acid groups (broad SMARTS) is 1. The average molecular weight is 238 g/mol. The van der Waals surface area contributed by atoms with Crippen LogP contribution in [0.2, 0.25) is 0 Å². The van der Waals surface area contributed by atoms with Crippen LogP contribution in [0.25, 0.3) is 0 Å². The van der Waals surface area contributed by atoms with Crippen LogP contribution in [0.3, 0.4) is 0 Å². The van der Waals surface area contributed by atoms with Crippen molar-refractivity contribution >= 4 is 11.7 Å². The average Bonchev–Trinajstić information content (AvgIpc) is 2.27. The van der Waals surface area contributed by atoms with Gasteiger partial charge in [0.1, 0.15) is 0 Å². The van der Waals surface area contributed by atoms with Crippen molar-refractivity contribution in [2.75, 3.05) is 12.4 Å². The zero-order valence-electron chi connectivity index (χ0n) is 10.3. The van der Waals surface area contributed by atoms with Crippen LogP contribution in [0.15, 0.2) is 18.3 Å². The van der Waals surface area contributed by atoms with Crippen LogP contribution in [-0.4, -0.2) is 29.2 Å². The molecular formula is C12H18N2O3. The zero-order valence-corrected chi connectivity index (χ0v) is 10.3. The van der Waals surface area contributed by atoms with E-state index >= 15 is 0 Å². The molecule has 0 aliphatic heterocycles. The molecule has 1 rings (SSSR count). The van der Waals surface area contributed by atoms with Gasteiger partial charge >= 0.3 is 5.97 Å². The van der Waals surface area contributed by atoms with Crippen LogP contribution in [0.5, 0.6) is 5.88 Å². The first-order valence-electron chi connectivity index (χ1n) is 5.51. The number of carbonyl (C=O) groups is 1. The number of ether oxygens (including phenoxy) is 1. The lowest BCUT2D eigenvalue weighted by molar-refractivity contribution is -0.137. The van der Waals surface area contributed by atoms with Crippen molar-refractivity contribution in [1.82, 2.24) is 4.98 Å². The van der Waals surface area contributed by atoms with Gasteiger partial charge in [0, 0.05) is 24.0 Å². The van der Waals surface area contributed by atoms with Crippen molar-refractivity contribution < 1.29 is 14.6 Å². The minimum Gasteiger partial charge on any atom is -0.481 e. The molecule has 1 aromatic heterocycles. The number of nitrogens with one attached hydrogen (secondary N) is 1. The summed E-state index contributed by atoms with van der Waals surface area (Å²) >= 11 is 0. The molecule has 0 radical (unpaired) electrons. The van der Waals surface area contributed by atoms with E-state index in [1.54, 1.807) is 25.4 Å². The van der Waals surface area contributed by atoms with E-state index in [0.29, 0.717) is 5.88 Å². The van der Waals surface area contributed by atoms with Gasteiger partial charge in [-0.2, -0.15) is 0 Å². The summed E-state index contributed by atoms with van der Waals surface area (Å²) in [4.78, 5) is 14.7. The van der Waals surface area contributed by atoms with Crippen molar-refractivity contribution in [1.29, 1.82) is 0 Å². The molecule has 1 atom stereocenters. The summed E-state index contributed by atoms with van der Waals surface area (Å²) in [5, 5.41) is 12.0. The fraction of sp³-hybridized carbons (Fsp3) is 0.500. The van der Waals surface area contributed by atoms with Crippen molar-refractivity contribution in [3.8, 4) is 5.88 Å². The highest BCUT2D eigenvalue weighted by Crippen LogP contribution is 2.18. The quantitative estimate of drug-likeness (QED) is 0.793. The Morgan fingerprint density at radius 2 is 2.29 bits per heavy atom. The summed E-state index contributed by atoms with van der Waals surface area (Å²) in [6, 6.07) is 3.43. The molecule has 5 nitrogen and oxygen atoms in total. The fourth-order valence-electron chi connectivity index (χ4n) is 1.47. The third-order valence-corrected chi connectivity index (χ3v) is 2.50. The van der Waals surface area contributed by atoms with Gasteiger partial charge < -0.3 is 15.2 Å². The molecule has 0 spiro atoms. The summed E-state index contributed by atoms with van der Waals surface area (Å²) in [6.07, 6.45) is 1.71. The van der Waals surface area contributed by atoms with Gasteiger partial charge in [-0.05, 0) is 12.0 Å². The molecule has 1 aromatic rings. The van der Waals surface area contributed by atoms with Crippen LogP contribution in [0.1, 0.15) is 20.3 Å². The van der Waals surface area contributed by atoms with Gasteiger partial charge in [-0.25, -0.2) is 4.98 Å². The molecular weight excluding hydrogens is 220 g/mol. The van der Waals surface area contributed by atoms with E-state index < -0.39 is 5.97 Å². The molecule has 17 heavy (non-hydrogen) atoms. The van der Waals surface area contributed by atoms with Crippen LogP contribution in [0.4, 0.5) is 5.69 Å². The molecule has 1 unspecified atom stereocenters. The number of hydrogen-bond donors (Lipinski definition) is 2. The highest BCUT2D eigenvalue weighted by molar-refractivity contribution is 5.68. The SMILES string of the molecule is COc1cc(NC(CC(=O)O)C(C)C)ccn1. The predicted molar refractivity (Wildman–Crippen MR) is 65.3 cm³/mol. The normalized spacial score (nSPS) is 12.2. The summed E-state index contributed by atoms with van der Waals surface area (Å²) in [5.41, 5.74) is 0.816. The summed E-state index contributed by atoms with van der Waals surface area (Å²) in [7, 11) is 1.54. The maximum Gasteiger partial charge on any atom is 0.305 e. The van der Waals surface area contributed by atoms with E-state index in [-0.39, 0.29) is 18.4 Å². The molecule has 0 fully saturated rings. The van der Waals surface area contributed by atoms with Gasteiger partial charge in [-0.3, -0.25) is 4.79 Å². The molecule has 0 saturated carbocycles. The molecule has 1 heterocycles. The van der Waals surface area contributed by atoms with Gasteiger partial charge in [0.2, 0.25) is 5.88 Å². The number of aliphatic carboxylic acids is 1. The Kier molecular flexibility index (Phi) is 4.75. The number of rotatable bonds is 6. The van der Waals surface area contributed by atoms with Crippen LogP contribution < -0.4 is 10.1 Å².